The van der Waals surface area contributed by atoms with Crippen molar-refractivity contribution >= 4 is 40.2 Å². The minimum Gasteiger partial charge on any atom is -0.324 e. The fourth-order valence-electron chi connectivity index (χ4n) is 2.81. The summed E-state index contributed by atoms with van der Waals surface area (Å²) in [7, 11) is 0. The normalized spacial score (nSPS) is 13.2. The predicted octanol–water partition coefficient (Wildman–Crippen LogP) is 3.86. The van der Waals surface area contributed by atoms with Crippen LogP contribution in [0.25, 0.3) is 10.8 Å². The second-order valence-corrected chi connectivity index (χ2v) is 5.94. The monoisotopic (exact) mass is 351 g/mol. The lowest BCUT2D eigenvalue weighted by Gasteiger charge is -2.13. The molecule has 5 nitrogen and oxygen atoms in total. The molecule has 122 valence electrons. The molecule has 2 amide bonds. The van der Waals surface area contributed by atoms with Gasteiger partial charge in [-0.1, -0.05) is 47.0 Å². The first-order valence-electron chi connectivity index (χ1n) is 7.44. The van der Waals surface area contributed by atoms with Gasteiger partial charge in [0.2, 0.25) is 0 Å². The highest BCUT2D eigenvalue weighted by Crippen LogP contribution is 2.26. The number of nitrogens with zero attached hydrogens (tertiary/aromatic N) is 1. The van der Waals surface area contributed by atoms with Crippen molar-refractivity contribution in [1.82, 2.24) is 5.06 Å². The number of fused-ring (bicyclic) bond motifs is 2. The summed E-state index contributed by atoms with van der Waals surface area (Å²) in [6.45, 7) is 0. The molecule has 1 aliphatic rings. The Morgan fingerprint density at radius 1 is 0.880 bits per heavy atom. The van der Waals surface area contributed by atoms with E-state index in [4.69, 9.17) is 16.4 Å². The highest BCUT2D eigenvalue weighted by molar-refractivity contribution is 6.31. The van der Waals surface area contributed by atoms with Crippen LogP contribution in [0.1, 0.15) is 31.1 Å². The van der Waals surface area contributed by atoms with Crippen molar-refractivity contribution in [2.45, 2.75) is 0 Å². The first-order valence-corrected chi connectivity index (χ1v) is 7.82. The van der Waals surface area contributed by atoms with Crippen LogP contribution in [0.4, 0.5) is 0 Å². The molecule has 0 N–H and O–H groups in total. The Labute approximate surface area is 147 Å². The summed E-state index contributed by atoms with van der Waals surface area (Å²) >= 11 is 5.96. The Morgan fingerprint density at radius 2 is 1.56 bits per heavy atom. The summed E-state index contributed by atoms with van der Waals surface area (Å²) < 4.78 is 0. The van der Waals surface area contributed by atoms with E-state index in [0.717, 1.165) is 5.39 Å². The van der Waals surface area contributed by atoms with E-state index in [9.17, 15) is 14.4 Å². The maximum absolute atomic E-state index is 12.5. The van der Waals surface area contributed by atoms with Gasteiger partial charge in [-0.3, -0.25) is 9.59 Å². The van der Waals surface area contributed by atoms with Gasteiger partial charge in [-0.2, -0.15) is 0 Å². The zero-order chi connectivity index (χ0) is 17.6. The minimum atomic E-state index is -0.789. The SMILES string of the molecule is O=C(ON1C(=O)c2ccccc2C1=O)c1cccc2cc(Cl)ccc12. The van der Waals surface area contributed by atoms with Gasteiger partial charge in [-0.25, -0.2) is 4.79 Å². The molecule has 4 rings (SSSR count). The Morgan fingerprint density at radius 3 is 2.24 bits per heavy atom. The van der Waals surface area contributed by atoms with Crippen molar-refractivity contribution in [3.05, 3.63) is 82.4 Å². The smallest absolute Gasteiger partial charge is 0.324 e. The van der Waals surface area contributed by atoms with Crippen molar-refractivity contribution in [2.75, 3.05) is 0 Å². The topological polar surface area (TPSA) is 63.7 Å². The largest absolute Gasteiger partial charge is 0.364 e. The van der Waals surface area contributed by atoms with Gasteiger partial charge in [0.1, 0.15) is 0 Å². The molecule has 0 saturated heterocycles. The van der Waals surface area contributed by atoms with Crippen molar-refractivity contribution in [1.29, 1.82) is 0 Å². The lowest BCUT2D eigenvalue weighted by Crippen LogP contribution is -2.32. The molecule has 0 unspecified atom stereocenters. The molecule has 0 aromatic heterocycles. The predicted molar refractivity (Wildman–Crippen MR) is 91.3 cm³/mol. The third-order valence-electron chi connectivity index (χ3n) is 3.99. The second kappa shape index (κ2) is 5.72. The molecule has 0 saturated carbocycles. The number of halogens is 1. The lowest BCUT2D eigenvalue weighted by molar-refractivity contribution is -0.0583. The average Bonchev–Trinajstić information content (AvgIpc) is 2.86. The number of carbonyl (C=O) groups excluding carboxylic acids is 3. The number of amides is 2. The maximum atomic E-state index is 12.5. The molecule has 6 heteroatoms. The number of carbonyl (C=O) groups is 3. The second-order valence-electron chi connectivity index (χ2n) is 5.50. The number of hydrogen-bond donors (Lipinski definition) is 0. The number of hydrogen-bond acceptors (Lipinski definition) is 4. The van der Waals surface area contributed by atoms with E-state index in [0.29, 0.717) is 15.5 Å². The summed E-state index contributed by atoms with van der Waals surface area (Å²) in [5.41, 5.74) is 0.667. The van der Waals surface area contributed by atoms with Gasteiger partial charge in [0.15, 0.2) is 0 Å². The Balaban J connectivity index is 1.68. The van der Waals surface area contributed by atoms with Gasteiger partial charge in [0.25, 0.3) is 11.8 Å². The van der Waals surface area contributed by atoms with Crippen molar-refractivity contribution in [3.63, 3.8) is 0 Å². The zero-order valence-electron chi connectivity index (χ0n) is 12.7. The third kappa shape index (κ3) is 2.45. The molecule has 0 spiro atoms. The highest BCUT2D eigenvalue weighted by Gasteiger charge is 2.38. The van der Waals surface area contributed by atoms with E-state index in [2.05, 4.69) is 0 Å². The summed E-state index contributed by atoms with van der Waals surface area (Å²) in [6.07, 6.45) is 0. The zero-order valence-corrected chi connectivity index (χ0v) is 13.5. The molecule has 3 aromatic rings. The molecule has 0 radical (unpaired) electrons. The lowest BCUT2D eigenvalue weighted by atomic mass is 10.1. The average molecular weight is 352 g/mol. The van der Waals surface area contributed by atoms with Gasteiger partial charge < -0.3 is 4.84 Å². The number of imide groups is 1. The van der Waals surface area contributed by atoms with Crippen molar-refractivity contribution in [3.8, 4) is 0 Å². The molecule has 0 bridgehead atoms. The molecule has 25 heavy (non-hydrogen) atoms. The van der Waals surface area contributed by atoms with E-state index in [1.807, 2.05) is 0 Å². The molecule has 1 heterocycles. The summed E-state index contributed by atoms with van der Waals surface area (Å²) in [4.78, 5) is 42.2. The van der Waals surface area contributed by atoms with Crippen LogP contribution in [0.2, 0.25) is 5.02 Å². The van der Waals surface area contributed by atoms with E-state index in [1.165, 1.54) is 12.1 Å². The van der Waals surface area contributed by atoms with Crippen LogP contribution in [0.3, 0.4) is 0 Å². The molecule has 3 aromatic carbocycles. The van der Waals surface area contributed by atoms with Gasteiger partial charge in [0.05, 0.1) is 16.7 Å². The van der Waals surface area contributed by atoms with Crippen molar-refractivity contribution < 1.29 is 19.2 Å². The summed E-state index contributed by atoms with van der Waals surface area (Å²) in [5, 5.41) is 2.41. The van der Waals surface area contributed by atoms with Crippen LogP contribution in [0.15, 0.2) is 60.7 Å². The van der Waals surface area contributed by atoms with Crippen LogP contribution in [0, 0.1) is 0 Å². The third-order valence-corrected chi connectivity index (χ3v) is 4.23. The first-order chi connectivity index (χ1) is 12.1. The molecule has 0 atom stereocenters. The number of rotatable bonds is 2. The first kappa shape index (κ1) is 15.4. The summed E-state index contributed by atoms with van der Waals surface area (Å²) in [5.74, 6) is -2.10. The molecular formula is C19H10ClNO4. The number of benzene rings is 3. The highest BCUT2D eigenvalue weighted by atomic mass is 35.5. The Kier molecular flexibility index (Phi) is 3.51. The summed E-state index contributed by atoms with van der Waals surface area (Å²) in [6, 6.07) is 16.4. The van der Waals surface area contributed by atoms with E-state index in [1.54, 1.807) is 48.5 Å². The number of hydroxylamine groups is 2. The molecule has 1 aliphatic heterocycles. The van der Waals surface area contributed by atoms with Gasteiger partial charge in [-0.15, -0.1) is 0 Å². The molecule has 0 aliphatic carbocycles. The van der Waals surface area contributed by atoms with E-state index in [-0.39, 0.29) is 16.7 Å². The van der Waals surface area contributed by atoms with Gasteiger partial charge >= 0.3 is 5.97 Å². The van der Waals surface area contributed by atoms with E-state index < -0.39 is 17.8 Å². The van der Waals surface area contributed by atoms with Crippen LogP contribution < -0.4 is 0 Å². The Hall–Kier alpha value is -3.18. The van der Waals surface area contributed by atoms with Crippen LogP contribution in [0.5, 0.6) is 0 Å². The quantitative estimate of drug-likeness (QED) is 0.658. The van der Waals surface area contributed by atoms with Gasteiger partial charge in [-0.05, 0) is 41.1 Å². The molecule has 0 fully saturated rings. The minimum absolute atomic E-state index is 0.213. The van der Waals surface area contributed by atoms with Crippen LogP contribution >= 0.6 is 11.6 Å². The van der Waals surface area contributed by atoms with Gasteiger partial charge in [0, 0.05) is 5.02 Å². The fourth-order valence-corrected chi connectivity index (χ4v) is 3.00. The standard InChI is InChI=1S/C19H10ClNO4/c20-12-8-9-13-11(10-12)4-3-7-16(13)19(24)25-21-17(22)14-5-1-2-6-15(14)18(21)23/h1-10H. The Bertz CT molecular complexity index is 1030. The maximum Gasteiger partial charge on any atom is 0.364 e. The van der Waals surface area contributed by atoms with Crippen LogP contribution in [-0.2, 0) is 4.84 Å². The fraction of sp³-hybridized carbons (Fsp3) is 0. The molecular weight excluding hydrogens is 342 g/mol. The van der Waals surface area contributed by atoms with Crippen molar-refractivity contribution in [2.24, 2.45) is 0 Å². The van der Waals surface area contributed by atoms with Crippen LogP contribution in [-0.4, -0.2) is 22.8 Å². The van der Waals surface area contributed by atoms with E-state index >= 15 is 0 Å².